The van der Waals surface area contributed by atoms with E-state index in [0.29, 0.717) is 6.61 Å². The molecule has 2 N–H and O–H groups in total. The van der Waals surface area contributed by atoms with Crippen LogP contribution in [-0.2, 0) is 4.74 Å². The lowest BCUT2D eigenvalue weighted by Gasteiger charge is -2.54. The summed E-state index contributed by atoms with van der Waals surface area (Å²) in [5.74, 6) is 0. The van der Waals surface area contributed by atoms with E-state index < -0.39 is 17.3 Å². The number of hydrogen-bond acceptors (Lipinski definition) is 3. The standard InChI is InChI=1S/C15H20O3/c1-9-11(16)10-6-12(2)7-15(10,18-8-12)13(3,17)14(9)4-5-14/h6,11,16-17H,1,4-5,7-8H2,2-3H3/t11-,12-,13+,15-/m1/s1. The molecule has 3 aliphatic carbocycles. The van der Waals surface area contributed by atoms with Crippen LogP contribution in [0.3, 0.4) is 0 Å². The lowest BCUT2D eigenvalue weighted by molar-refractivity contribution is -0.178. The number of hydrogen-bond donors (Lipinski definition) is 2. The third-order valence-electron chi connectivity index (χ3n) is 5.98. The highest BCUT2D eigenvalue weighted by Gasteiger charge is 2.76. The molecule has 0 unspecified atom stereocenters. The van der Waals surface area contributed by atoms with Gasteiger partial charge in [0.25, 0.3) is 0 Å². The number of ether oxygens (including phenoxy) is 1. The fraction of sp³-hybridized carbons (Fsp3) is 0.733. The molecular formula is C15H20O3. The number of aliphatic hydroxyl groups excluding tert-OH is 1. The van der Waals surface area contributed by atoms with Gasteiger partial charge in [-0.15, -0.1) is 0 Å². The smallest absolute Gasteiger partial charge is 0.122 e. The van der Waals surface area contributed by atoms with E-state index in [2.05, 4.69) is 19.6 Å². The minimum atomic E-state index is -0.948. The summed E-state index contributed by atoms with van der Waals surface area (Å²) in [6.45, 7) is 8.72. The van der Waals surface area contributed by atoms with Crippen molar-refractivity contribution < 1.29 is 14.9 Å². The van der Waals surface area contributed by atoms with E-state index in [-0.39, 0.29) is 10.8 Å². The van der Waals surface area contributed by atoms with Crippen molar-refractivity contribution in [2.75, 3.05) is 6.61 Å². The first kappa shape index (κ1) is 11.2. The van der Waals surface area contributed by atoms with Gasteiger partial charge in [-0.2, -0.15) is 0 Å². The fourth-order valence-electron chi connectivity index (χ4n) is 4.70. The molecule has 98 valence electrons. The van der Waals surface area contributed by atoms with E-state index in [9.17, 15) is 10.2 Å². The average Bonchev–Trinajstić information content (AvgIpc) is 2.97. The Balaban J connectivity index is 1.96. The quantitative estimate of drug-likeness (QED) is 0.640. The predicted octanol–water partition coefficient (Wildman–Crippen LogP) is 1.55. The molecule has 3 fully saturated rings. The van der Waals surface area contributed by atoms with Gasteiger partial charge in [-0.3, -0.25) is 0 Å². The summed E-state index contributed by atoms with van der Waals surface area (Å²) in [5, 5.41) is 21.7. The molecule has 1 heterocycles. The predicted molar refractivity (Wildman–Crippen MR) is 66.9 cm³/mol. The van der Waals surface area contributed by atoms with Gasteiger partial charge in [0.15, 0.2) is 0 Å². The zero-order valence-electron chi connectivity index (χ0n) is 11.0. The van der Waals surface area contributed by atoms with Crippen molar-refractivity contribution in [3.05, 3.63) is 23.8 Å². The van der Waals surface area contributed by atoms with E-state index in [4.69, 9.17) is 4.74 Å². The van der Waals surface area contributed by atoms with Crippen LogP contribution in [0.15, 0.2) is 23.8 Å². The maximum Gasteiger partial charge on any atom is 0.122 e. The van der Waals surface area contributed by atoms with Crippen molar-refractivity contribution in [3.8, 4) is 0 Å². The molecule has 0 amide bonds. The van der Waals surface area contributed by atoms with Crippen molar-refractivity contribution in [2.45, 2.75) is 50.4 Å². The van der Waals surface area contributed by atoms with Gasteiger partial charge in [0.2, 0.25) is 0 Å². The second-order valence-corrected chi connectivity index (χ2v) is 7.13. The Morgan fingerprint density at radius 1 is 1.39 bits per heavy atom. The second-order valence-electron chi connectivity index (χ2n) is 7.13. The second kappa shape index (κ2) is 2.62. The maximum absolute atomic E-state index is 11.2. The molecular weight excluding hydrogens is 228 g/mol. The van der Waals surface area contributed by atoms with Crippen LogP contribution >= 0.6 is 0 Å². The number of rotatable bonds is 0. The Morgan fingerprint density at radius 2 is 2.06 bits per heavy atom. The van der Waals surface area contributed by atoms with Crippen LogP contribution < -0.4 is 0 Å². The average molecular weight is 248 g/mol. The summed E-state index contributed by atoms with van der Waals surface area (Å²) in [6, 6.07) is 0. The molecule has 4 aliphatic rings. The summed E-state index contributed by atoms with van der Waals surface area (Å²) >= 11 is 0. The number of fused-ring (bicyclic) bond motifs is 1. The molecule has 2 bridgehead atoms. The van der Waals surface area contributed by atoms with Gasteiger partial charge in [-0.25, -0.2) is 0 Å². The van der Waals surface area contributed by atoms with Crippen molar-refractivity contribution in [2.24, 2.45) is 10.8 Å². The van der Waals surface area contributed by atoms with Gasteiger partial charge in [-0.1, -0.05) is 19.6 Å². The molecule has 0 aromatic heterocycles. The SMILES string of the molecule is C=C1[C@@H](O)C2=C[C@@]3(C)CO[C@@]2(C3)[C@@](C)(O)C12CC2. The topological polar surface area (TPSA) is 49.7 Å². The normalized spacial score (nSPS) is 55.7. The van der Waals surface area contributed by atoms with Crippen LogP contribution in [0, 0.1) is 10.8 Å². The Kier molecular flexibility index (Phi) is 1.63. The van der Waals surface area contributed by atoms with E-state index >= 15 is 0 Å². The fourth-order valence-corrected chi connectivity index (χ4v) is 4.70. The van der Waals surface area contributed by atoms with E-state index in [1.807, 2.05) is 6.92 Å². The highest BCUT2D eigenvalue weighted by atomic mass is 16.5. The highest BCUT2D eigenvalue weighted by molar-refractivity contribution is 5.52. The molecule has 18 heavy (non-hydrogen) atoms. The summed E-state index contributed by atoms with van der Waals surface area (Å²) in [5.41, 5.74) is -0.372. The molecule has 2 saturated carbocycles. The Hall–Kier alpha value is -0.640. The zero-order valence-corrected chi connectivity index (χ0v) is 11.0. The molecule has 0 radical (unpaired) electrons. The molecule has 3 nitrogen and oxygen atoms in total. The third-order valence-corrected chi connectivity index (χ3v) is 5.98. The zero-order chi connectivity index (χ0) is 13.0. The van der Waals surface area contributed by atoms with Crippen molar-refractivity contribution in [1.29, 1.82) is 0 Å². The van der Waals surface area contributed by atoms with Crippen LogP contribution in [0.1, 0.15) is 33.1 Å². The van der Waals surface area contributed by atoms with E-state index in [1.165, 1.54) is 0 Å². The summed E-state index contributed by atoms with van der Waals surface area (Å²) in [7, 11) is 0. The molecule has 0 aromatic carbocycles. The Bertz CT molecular complexity index is 500. The Labute approximate surface area is 107 Å². The molecule has 4 atom stereocenters. The molecule has 3 heteroatoms. The summed E-state index contributed by atoms with van der Waals surface area (Å²) in [4.78, 5) is 0. The van der Waals surface area contributed by atoms with Gasteiger partial charge in [-0.05, 0) is 37.3 Å². The van der Waals surface area contributed by atoms with Crippen LogP contribution in [-0.4, -0.2) is 34.1 Å². The van der Waals surface area contributed by atoms with E-state index in [1.54, 1.807) is 0 Å². The lowest BCUT2D eigenvalue weighted by Crippen LogP contribution is -2.64. The van der Waals surface area contributed by atoms with Gasteiger partial charge in [0.1, 0.15) is 11.2 Å². The summed E-state index contributed by atoms with van der Waals surface area (Å²) < 4.78 is 6.04. The lowest BCUT2D eigenvalue weighted by atomic mass is 9.59. The first-order chi connectivity index (χ1) is 8.28. The minimum Gasteiger partial charge on any atom is -0.386 e. The first-order valence-corrected chi connectivity index (χ1v) is 6.75. The van der Waals surface area contributed by atoms with Crippen molar-refractivity contribution >= 4 is 0 Å². The first-order valence-electron chi connectivity index (χ1n) is 6.75. The maximum atomic E-state index is 11.2. The molecule has 1 saturated heterocycles. The minimum absolute atomic E-state index is 0.0407. The molecule has 0 aromatic rings. The van der Waals surface area contributed by atoms with E-state index in [0.717, 1.165) is 30.4 Å². The van der Waals surface area contributed by atoms with Gasteiger partial charge >= 0.3 is 0 Å². The van der Waals surface area contributed by atoms with Crippen LogP contribution in [0.5, 0.6) is 0 Å². The summed E-state index contributed by atoms with van der Waals surface area (Å²) in [6.07, 6.45) is 4.08. The van der Waals surface area contributed by atoms with Crippen molar-refractivity contribution in [1.82, 2.24) is 0 Å². The largest absolute Gasteiger partial charge is 0.386 e. The molecule has 1 aliphatic heterocycles. The van der Waals surface area contributed by atoms with Crippen LogP contribution in [0.2, 0.25) is 0 Å². The van der Waals surface area contributed by atoms with Crippen molar-refractivity contribution in [3.63, 3.8) is 0 Å². The van der Waals surface area contributed by atoms with Gasteiger partial charge in [0.05, 0.1) is 12.7 Å². The van der Waals surface area contributed by atoms with Crippen LogP contribution in [0.25, 0.3) is 0 Å². The number of aliphatic hydroxyl groups is 2. The van der Waals surface area contributed by atoms with Crippen LogP contribution in [0.4, 0.5) is 0 Å². The van der Waals surface area contributed by atoms with Gasteiger partial charge < -0.3 is 14.9 Å². The highest BCUT2D eigenvalue weighted by Crippen LogP contribution is 2.72. The molecule has 2 spiro atoms. The monoisotopic (exact) mass is 248 g/mol. The third kappa shape index (κ3) is 0.869. The Morgan fingerprint density at radius 3 is 2.61 bits per heavy atom. The van der Waals surface area contributed by atoms with Gasteiger partial charge in [0, 0.05) is 10.8 Å². The molecule has 4 rings (SSSR count).